The van der Waals surface area contributed by atoms with Crippen LogP contribution in [-0.2, 0) is 0 Å². The minimum atomic E-state index is 0.559. The highest BCUT2D eigenvalue weighted by Crippen LogP contribution is 2.44. The Bertz CT molecular complexity index is 3090. The monoisotopic (exact) mass is 638 g/mol. The topological polar surface area (TPSA) is 51.1 Å². The molecule has 0 amide bonds. The first kappa shape index (κ1) is 28.0. The molecule has 0 N–H and O–H groups in total. The highest BCUT2D eigenvalue weighted by Gasteiger charge is 2.23. The van der Waals surface area contributed by atoms with Gasteiger partial charge in [-0.1, -0.05) is 91.0 Å². The summed E-state index contributed by atoms with van der Waals surface area (Å²) in [5.41, 5.74) is 11.2. The maximum atomic E-state index is 10.7. The molecular weight excluding hydrogens is 613 g/mol. The first-order valence-electron chi connectivity index (χ1n) is 16.5. The summed E-state index contributed by atoms with van der Waals surface area (Å²) >= 11 is 0. The van der Waals surface area contributed by atoms with Crippen molar-refractivity contribution in [3.63, 3.8) is 0 Å². The van der Waals surface area contributed by atoms with Gasteiger partial charge < -0.3 is 13.6 Å². The van der Waals surface area contributed by atoms with Gasteiger partial charge in [0.2, 0.25) is 5.69 Å². The lowest BCUT2D eigenvalue weighted by Crippen LogP contribution is -2.02. The molecule has 0 saturated heterocycles. The summed E-state index contributed by atoms with van der Waals surface area (Å²) < 4.78 is 10.8. The summed E-state index contributed by atoms with van der Waals surface area (Å²) in [5, 5.41) is 17.2. The smallest absolute Gasteiger partial charge is 0.211 e. The Morgan fingerprint density at radius 1 is 0.580 bits per heavy atom. The minimum absolute atomic E-state index is 0.559. The van der Waals surface area contributed by atoms with Crippen molar-refractivity contribution >= 4 is 71.2 Å². The molecule has 0 unspecified atom stereocenters. The third-order valence-corrected chi connectivity index (χ3v) is 10.1. The second kappa shape index (κ2) is 10.5. The summed E-state index contributed by atoms with van der Waals surface area (Å²) in [7, 11) is 0. The standard InChI is InChI=1S/C45H26N4O/c1-27-22-28(29-16-11-17-37(47-2)45(29)49-39-19-8-3-12-30(39)31-13-4-9-20-40(31)49)23-41(36(27)26-46)48-38-18-7-5-14-32(38)34-25-44-35(24-42(34)48)33-15-6-10-21-43(33)50-44/h3-25H,1H3. The van der Waals surface area contributed by atoms with E-state index < -0.39 is 0 Å². The largest absolute Gasteiger partial charge is 0.456 e. The van der Waals surface area contributed by atoms with Crippen LogP contribution >= 0.6 is 0 Å². The molecule has 232 valence electrons. The van der Waals surface area contributed by atoms with Crippen LogP contribution in [-0.4, -0.2) is 9.13 Å². The van der Waals surface area contributed by atoms with Crippen LogP contribution in [0.15, 0.2) is 144 Å². The number of rotatable bonds is 3. The third-order valence-electron chi connectivity index (χ3n) is 10.1. The zero-order valence-electron chi connectivity index (χ0n) is 27.0. The normalized spacial score (nSPS) is 11.7. The Morgan fingerprint density at radius 3 is 1.88 bits per heavy atom. The number of nitriles is 1. The van der Waals surface area contributed by atoms with Crippen LogP contribution in [0.25, 0.3) is 92.9 Å². The lowest BCUT2D eigenvalue weighted by atomic mass is 9.96. The molecule has 0 atom stereocenters. The number of fused-ring (bicyclic) bond motifs is 9. The van der Waals surface area contributed by atoms with Gasteiger partial charge in [0.15, 0.2) is 0 Å². The van der Waals surface area contributed by atoms with Crippen molar-refractivity contribution in [2.24, 2.45) is 0 Å². The fourth-order valence-electron chi connectivity index (χ4n) is 7.95. The molecule has 0 bridgehead atoms. The van der Waals surface area contributed by atoms with Crippen LogP contribution < -0.4 is 0 Å². The van der Waals surface area contributed by atoms with Gasteiger partial charge in [-0.3, -0.25) is 0 Å². The number of aryl methyl sites for hydroxylation is 1. The van der Waals surface area contributed by atoms with E-state index in [1.54, 1.807) is 0 Å². The lowest BCUT2D eigenvalue weighted by Gasteiger charge is -2.19. The molecule has 0 radical (unpaired) electrons. The van der Waals surface area contributed by atoms with E-state index in [1.807, 2.05) is 55.5 Å². The maximum Gasteiger partial charge on any atom is 0.211 e. The number of hydrogen-bond acceptors (Lipinski definition) is 2. The Balaban J connectivity index is 1.31. The quantitative estimate of drug-likeness (QED) is 0.181. The molecule has 0 spiro atoms. The molecule has 0 aliphatic carbocycles. The van der Waals surface area contributed by atoms with Gasteiger partial charge in [0.1, 0.15) is 17.2 Å². The van der Waals surface area contributed by atoms with E-state index in [1.165, 1.54) is 0 Å². The van der Waals surface area contributed by atoms with Crippen molar-refractivity contribution < 1.29 is 4.42 Å². The van der Waals surface area contributed by atoms with Crippen molar-refractivity contribution in [3.8, 4) is 28.6 Å². The average Bonchev–Trinajstić information content (AvgIpc) is 3.80. The highest BCUT2D eigenvalue weighted by atomic mass is 16.3. The second-order valence-corrected chi connectivity index (χ2v) is 12.8. The SMILES string of the molecule is [C-]#[N+]c1cccc(-c2cc(C)c(C#N)c(-n3c4ccccc4c4cc5oc6ccccc6c5cc43)c2)c1-n1c2ccccc2c2ccccc21. The average molecular weight is 639 g/mol. The van der Waals surface area contributed by atoms with Gasteiger partial charge in [0.05, 0.1) is 45.6 Å². The lowest BCUT2D eigenvalue weighted by molar-refractivity contribution is 0.669. The molecule has 3 aromatic heterocycles. The maximum absolute atomic E-state index is 10.7. The van der Waals surface area contributed by atoms with Crippen molar-refractivity contribution in [2.45, 2.75) is 6.92 Å². The summed E-state index contributed by atoms with van der Waals surface area (Å²) in [6, 6.07) is 50.2. The first-order chi connectivity index (χ1) is 24.6. The van der Waals surface area contributed by atoms with Gasteiger partial charge >= 0.3 is 0 Å². The molecule has 5 nitrogen and oxygen atoms in total. The molecule has 10 aromatic rings. The second-order valence-electron chi connectivity index (χ2n) is 12.8. The summed E-state index contributed by atoms with van der Waals surface area (Å²) in [5.74, 6) is 0. The molecule has 0 aliphatic rings. The molecule has 50 heavy (non-hydrogen) atoms. The fourth-order valence-corrected chi connectivity index (χ4v) is 7.95. The number of hydrogen-bond donors (Lipinski definition) is 0. The van der Waals surface area contributed by atoms with E-state index in [0.717, 1.165) is 93.6 Å². The van der Waals surface area contributed by atoms with E-state index in [2.05, 4.69) is 111 Å². The Labute approximate surface area is 286 Å². The molecule has 7 aromatic carbocycles. The van der Waals surface area contributed by atoms with Crippen LogP contribution in [0.2, 0.25) is 0 Å². The molecule has 10 rings (SSSR count). The predicted octanol–water partition coefficient (Wildman–Crippen LogP) is 12.2. The third kappa shape index (κ3) is 3.80. The number of benzene rings is 7. The van der Waals surface area contributed by atoms with Crippen LogP contribution in [0.4, 0.5) is 5.69 Å². The Morgan fingerprint density at radius 2 is 1.20 bits per heavy atom. The zero-order chi connectivity index (χ0) is 33.5. The van der Waals surface area contributed by atoms with E-state index in [4.69, 9.17) is 11.0 Å². The van der Waals surface area contributed by atoms with E-state index in [0.29, 0.717) is 11.3 Å². The van der Waals surface area contributed by atoms with Gasteiger partial charge in [-0.05, 0) is 72.1 Å². The van der Waals surface area contributed by atoms with Crippen molar-refractivity contribution in [1.82, 2.24) is 9.13 Å². The van der Waals surface area contributed by atoms with Crippen LogP contribution in [0.5, 0.6) is 0 Å². The highest BCUT2D eigenvalue weighted by molar-refractivity contribution is 6.17. The first-order valence-corrected chi connectivity index (χ1v) is 16.5. The zero-order valence-corrected chi connectivity index (χ0v) is 27.0. The molecule has 0 saturated carbocycles. The van der Waals surface area contributed by atoms with Crippen LogP contribution in [0.3, 0.4) is 0 Å². The molecule has 0 fully saturated rings. The van der Waals surface area contributed by atoms with E-state index in [9.17, 15) is 5.26 Å². The van der Waals surface area contributed by atoms with Crippen LogP contribution in [0, 0.1) is 24.8 Å². The Hall–Kier alpha value is -7.08. The van der Waals surface area contributed by atoms with Gasteiger partial charge in [0.25, 0.3) is 0 Å². The van der Waals surface area contributed by atoms with Crippen LogP contribution in [0.1, 0.15) is 11.1 Å². The van der Waals surface area contributed by atoms with Crippen molar-refractivity contribution in [3.05, 3.63) is 162 Å². The van der Waals surface area contributed by atoms with Gasteiger partial charge in [-0.15, -0.1) is 0 Å². The summed E-state index contributed by atoms with van der Waals surface area (Å²) in [6.45, 7) is 10.3. The van der Waals surface area contributed by atoms with Crippen molar-refractivity contribution in [1.29, 1.82) is 5.26 Å². The Kier molecular flexibility index (Phi) is 5.85. The number of furan rings is 1. The van der Waals surface area contributed by atoms with Gasteiger partial charge in [-0.25, -0.2) is 4.85 Å². The molecule has 5 heteroatoms. The minimum Gasteiger partial charge on any atom is -0.456 e. The van der Waals surface area contributed by atoms with Crippen molar-refractivity contribution in [2.75, 3.05) is 0 Å². The molecule has 0 aliphatic heterocycles. The number of nitrogens with zero attached hydrogens (tertiary/aromatic N) is 4. The molecule has 3 heterocycles. The molecular formula is C45H26N4O. The van der Waals surface area contributed by atoms with Gasteiger partial charge in [-0.2, -0.15) is 5.26 Å². The van der Waals surface area contributed by atoms with Gasteiger partial charge in [0, 0.05) is 32.3 Å². The number of aromatic nitrogens is 2. The summed E-state index contributed by atoms with van der Waals surface area (Å²) in [6.07, 6.45) is 0. The predicted molar refractivity (Wildman–Crippen MR) is 204 cm³/mol. The van der Waals surface area contributed by atoms with E-state index in [-0.39, 0.29) is 0 Å². The number of para-hydroxylation sites is 5. The fraction of sp³-hybridized carbons (Fsp3) is 0.0222. The van der Waals surface area contributed by atoms with E-state index >= 15 is 0 Å². The summed E-state index contributed by atoms with van der Waals surface area (Å²) in [4.78, 5) is 4.05.